The van der Waals surface area contributed by atoms with Gasteiger partial charge in [0, 0.05) is 38.3 Å². The molecule has 1 atom stereocenters. The van der Waals surface area contributed by atoms with Gasteiger partial charge in [0.15, 0.2) is 5.69 Å². The zero-order chi connectivity index (χ0) is 16.5. The molecule has 126 valence electrons. The topological polar surface area (TPSA) is 69.8 Å². The third-order valence-electron chi connectivity index (χ3n) is 5.02. The van der Waals surface area contributed by atoms with Crippen LogP contribution in [0.25, 0.3) is 0 Å². The van der Waals surface area contributed by atoms with Gasteiger partial charge in [0.05, 0.1) is 6.10 Å². The number of hydrogen-bond acceptors (Lipinski definition) is 5. The number of benzene rings is 1. The number of aromatic nitrogens is 1. The van der Waals surface area contributed by atoms with E-state index in [1.165, 1.54) is 17.4 Å². The van der Waals surface area contributed by atoms with Gasteiger partial charge in [-0.25, -0.2) is 0 Å². The second-order valence-electron chi connectivity index (χ2n) is 6.62. The molecule has 24 heavy (non-hydrogen) atoms. The summed E-state index contributed by atoms with van der Waals surface area (Å²) in [6.07, 6.45) is 2.87. The second-order valence-corrected chi connectivity index (χ2v) is 6.62. The number of fused-ring (bicyclic) bond motifs is 1. The first-order valence-corrected chi connectivity index (χ1v) is 8.39. The van der Waals surface area contributed by atoms with Crippen molar-refractivity contribution in [2.75, 3.05) is 26.2 Å². The molecule has 1 saturated heterocycles. The van der Waals surface area contributed by atoms with Crippen molar-refractivity contribution in [2.24, 2.45) is 0 Å². The number of rotatable bonds is 2. The average Bonchev–Trinajstić information content (AvgIpc) is 3.22. The van der Waals surface area contributed by atoms with Crippen molar-refractivity contribution in [3.63, 3.8) is 0 Å². The van der Waals surface area contributed by atoms with Crippen LogP contribution in [0.15, 0.2) is 41.1 Å². The van der Waals surface area contributed by atoms with E-state index >= 15 is 0 Å². The zero-order valence-electron chi connectivity index (χ0n) is 13.5. The first kappa shape index (κ1) is 15.4. The molecule has 1 amide bonds. The highest BCUT2D eigenvalue weighted by Crippen LogP contribution is 2.26. The van der Waals surface area contributed by atoms with Gasteiger partial charge < -0.3 is 14.5 Å². The zero-order valence-corrected chi connectivity index (χ0v) is 13.5. The molecule has 1 aliphatic heterocycles. The fraction of sp³-hybridized carbons (Fsp3) is 0.444. The van der Waals surface area contributed by atoms with E-state index in [2.05, 4.69) is 34.3 Å². The minimum atomic E-state index is -0.549. The van der Waals surface area contributed by atoms with Gasteiger partial charge in [-0.15, -0.1) is 0 Å². The Labute approximate surface area is 140 Å². The van der Waals surface area contributed by atoms with Gasteiger partial charge in [0.25, 0.3) is 5.91 Å². The monoisotopic (exact) mass is 327 g/mol. The van der Waals surface area contributed by atoms with Crippen LogP contribution in [0.5, 0.6) is 0 Å². The molecule has 2 heterocycles. The molecule has 0 bridgehead atoms. The highest BCUT2D eigenvalue weighted by Gasteiger charge is 2.32. The molecule has 1 aromatic heterocycles. The van der Waals surface area contributed by atoms with Crippen LogP contribution in [0.4, 0.5) is 0 Å². The summed E-state index contributed by atoms with van der Waals surface area (Å²) < 4.78 is 4.75. The van der Waals surface area contributed by atoms with E-state index in [-0.39, 0.29) is 5.91 Å². The Morgan fingerprint density at radius 1 is 1.12 bits per heavy atom. The Balaban J connectivity index is 1.44. The Morgan fingerprint density at radius 2 is 1.88 bits per heavy atom. The first-order valence-electron chi connectivity index (χ1n) is 8.39. The molecular weight excluding hydrogens is 306 g/mol. The van der Waals surface area contributed by atoms with E-state index < -0.39 is 6.10 Å². The molecule has 2 aromatic rings. The smallest absolute Gasteiger partial charge is 0.276 e. The van der Waals surface area contributed by atoms with E-state index in [1.807, 2.05) is 0 Å². The van der Waals surface area contributed by atoms with E-state index in [1.54, 1.807) is 11.0 Å². The third-order valence-corrected chi connectivity index (χ3v) is 5.02. The second kappa shape index (κ2) is 6.37. The minimum Gasteiger partial charge on any atom is -0.390 e. The van der Waals surface area contributed by atoms with Crippen LogP contribution >= 0.6 is 0 Å². The van der Waals surface area contributed by atoms with Crippen molar-refractivity contribution < 1.29 is 14.4 Å². The number of nitrogens with zero attached hydrogens (tertiary/aromatic N) is 3. The normalized spacial score (nSPS) is 22.4. The van der Waals surface area contributed by atoms with Crippen molar-refractivity contribution >= 4 is 5.91 Å². The van der Waals surface area contributed by atoms with Gasteiger partial charge in [-0.05, 0) is 24.0 Å². The summed E-state index contributed by atoms with van der Waals surface area (Å²) in [6.45, 7) is 2.29. The van der Waals surface area contributed by atoms with Crippen LogP contribution in [-0.4, -0.2) is 64.3 Å². The van der Waals surface area contributed by atoms with E-state index in [0.29, 0.717) is 31.4 Å². The minimum absolute atomic E-state index is 0.181. The predicted octanol–water partition coefficient (Wildman–Crippen LogP) is 0.961. The molecule has 6 heteroatoms. The summed E-state index contributed by atoms with van der Waals surface area (Å²) in [5, 5.41) is 14.1. The Kier molecular flexibility index (Phi) is 4.08. The summed E-state index contributed by atoms with van der Waals surface area (Å²) in [5.41, 5.74) is 3.09. The fourth-order valence-electron chi connectivity index (χ4n) is 3.81. The number of carbonyl (C=O) groups is 1. The molecule has 6 nitrogen and oxygen atoms in total. The number of aliphatic hydroxyl groups is 1. The number of carbonyl (C=O) groups excluding carboxylic acids is 1. The standard InChI is InChI=1S/C18H21N3O3/c22-16-11-20(15-9-13-3-1-2-4-14(13)10-15)6-7-21(12-16)18(23)17-5-8-24-19-17/h1-5,8,15-16,22H,6-7,9-12H2/t16-/m0/s1. The molecule has 0 saturated carbocycles. The number of hydrogen-bond donors (Lipinski definition) is 1. The van der Waals surface area contributed by atoms with Gasteiger partial charge in [0.2, 0.25) is 0 Å². The Hall–Kier alpha value is -2.18. The number of β-amino-alcohol motifs (C(OH)–C–C–N with tert-alkyl or cyclic N) is 1. The lowest BCUT2D eigenvalue weighted by Crippen LogP contribution is -2.41. The van der Waals surface area contributed by atoms with Crippen LogP contribution in [-0.2, 0) is 12.8 Å². The molecule has 0 spiro atoms. The molecule has 0 unspecified atom stereocenters. The van der Waals surface area contributed by atoms with E-state index in [4.69, 9.17) is 4.52 Å². The molecule has 1 aromatic carbocycles. The lowest BCUT2D eigenvalue weighted by Gasteiger charge is -2.28. The summed E-state index contributed by atoms with van der Waals surface area (Å²) in [4.78, 5) is 16.4. The van der Waals surface area contributed by atoms with Gasteiger partial charge in [0.1, 0.15) is 6.26 Å². The molecule has 2 aliphatic rings. The van der Waals surface area contributed by atoms with Crippen molar-refractivity contribution in [2.45, 2.75) is 25.0 Å². The fourth-order valence-corrected chi connectivity index (χ4v) is 3.81. The van der Waals surface area contributed by atoms with Crippen molar-refractivity contribution in [1.82, 2.24) is 15.0 Å². The molecule has 1 aliphatic carbocycles. The molecular formula is C18H21N3O3. The third kappa shape index (κ3) is 2.95. The first-order chi connectivity index (χ1) is 11.7. The quantitative estimate of drug-likeness (QED) is 0.890. The maximum atomic E-state index is 12.4. The van der Waals surface area contributed by atoms with Crippen LogP contribution in [0.2, 0.25) is 0 Å². The molecule has 1 N–H and O–H groups in total. The number of aliphatic hydroxyl groups excluding tert-OH is 1. The lowest BCUT2D eigenvalue weighted by atomic mass is 10.1. The summed E-state index contributed by atoms with van der Waals surface area (Å²) in [6, 6.07) is 10.5. The number of amides is 1. The maximum Gasteiger partial charge on any atom is 0.276 e. The summed E-state index contributed by atoms with van der Waals surface area (Å²) >= 11 is 0. The highest BCUT2D eigenvalue weighted by atomic mass is 16.5. The Morgan fingerprint density at radius 3 is 2.54 bits per heavy atom. The van der Waals surface area contributed by atoms with Crippen molar-refractivity contribution in [3.8, 4) is 0 Å². The van der Waals surface area contributed by atoms with Gasteiger partial charge in [-0.2, -0.15) is 0 Å². The molecule has 4 rings (SSSR count). The van der Waals surface area contributed by atoms with Crippen molar-refractivity contribution in [1.29, 1.82) is 0 Å². The van der Waals surface area contributed by atoms with Crippen molar-refractivity contribution in [3.05, 3.63) is 53.4 Å². The Bertz CT molecular complexity index is 691. The maximum absolute atomic E-state index is 12.4. The van der Waals surface area contributed by atoms with E-state index in [0.717, 1.165) is 19.4 Å². The van der Waals surface area contributed by atoms with Crippen LogP contribution < -0.4 is 0 Å². The SMILES string of the molecule is O=C(c1ccon1)N1CCN(C2Cc3ccccc3C2)C[C@H](O)C1. The average molecular weight is 327 g/mol. The van der Waals surface area contributed by atoms with Crippen LogP contribution in [0.1, 0.15) is 21.6 Å². The van der Waals surface area contributed by atoms with Crippen LogP contribution in [0.3, 0.4) is 0 Å². The van der Waals surface area contributed by atoms with Gasteiger partial charge in [-0.3, -0.25) is 9.69 Å². The summed E-state index contributed by atoms with van der Waals surface area (Å²) in [5.74, 6) is -0.181. The molecule has 1 fully saturated rings. The van der Waals surface area contributed by atoms with Crippen LogP contribution in [0, 0.1) is 0 Å². The van der Waals surface area contributed by atoms with Gasteiger partial charge in [-0.1, -0.05) is 29.4 Å². The lowest BCUT2D eigenvalue weighted by molar-refractivity contribution is 0.0647. The highest BCUT2D eigenvalue weighted by molar-refractivity contribution is 5.92. The predicted molar refractivity (Wildman–Crippen MR) is 87.6 cm³/mol. The molecule has 0 radical (unpaired) electrons. The largest absolute Gasteiger partial charge is 0.390 e. The van der Waals surface area contributed by atoms with Gasteiger partial charge >= 0.3 is 0 Å². The van der Waals surface area contributed by atoms with E-state index in [9.17, 15) is 9.90 Å². The summed E-state index contributed by atoms with van der Waals surface area (Å²) in [7, 11) is 0.